The average molecular weight is 274 g/mol. The molecule has 0 aromatic carbocycles. The Labute approximate surface area is 115 Å². The molecule has 1 atom stereocenters. The molecule has 1 aliphatic heterocycles. The topological polar surface area (TPSA) is 72.1 Å². The molecule has 0 saturated heterocycles. The van der Waals surface area contributed by atoms with Crippen LogP contribution in [-0.2, 0) is 6.42 Å². The van der Waals surface area contributed by atoms with Gasteiger partial charge in [-0.25, -0.2) is 0 Å². The maximum absolute atomic E-state index is 12.4. The lowest BCUT2D eigenvalue weighted by Gasteiger charge is -2.33. The van der Waals surface area contributed by atoms with E-state index in [4.69, 9.17) is 5.73 Å². The number of anilines is 1. The summed E-state index contributed by atoms with van der Waals surface area (Å²) in [5.74, 6) is 0.236. The molecule has 6 heteroatoms. The molecule has 3 heterocycles. The van der Waals surface area contributed by atoms with Crippen molar-refractivity contribution in [2.45, 2.75) is 19.4 Å². The van der Waals surface area contributed by atoms with Crippen molar-refractivity contribution in [1.82, 2.24) is 15.1 Å². The molecule has 0 radical (unpaired) electrons. The smallest absolute Gasteiger partial charge is 0.274 e. The number of fused-ring (bicyclic) bond motifs is 1. The van der Waals surface area contributed by atoms with Gasteiger partial charge in [0.2, 0.25) is 0 Å². The molecule has 5 nitrogen and oxygen atoms in total. The molecule has 19 heavy (non-hydrogen) atoms. The van der Waals surface area contributed by atoms with Crippen molar-refractivity contribution in [3.05, 3.63) is 39.7 Å². The van der Waals surface area contributed by atoms with Crippen LogP contribution in [0.25, 0.3) is 0 Å². The van der Waals surface area contributed by atoms with Crippen LogP contribution >= 0.6 is 11.3 Å². The highest BCUT2D eigenvalue weighted by Crippen LogP contribution is 2.33. The number of amides is 1. The van der Waals surface area contributed by atoms with Crippen molar-refractivity contribution in [1.29, 1.82) is 0 Å². The normalized spacial score (nSPS) is 18.2. The van der Waals surface area contributed by atoms with Gasteiger partial charge >= 0.3 is 0 Å². The van der Waals surface area contributed by atoms with Crippen molar-refractivity contribution in [2.75, 3.05) is 12.3 Å². The average Bonchev–Trinajstić information content (AvgIpc) is 2.88. The zero-order chi connectivity index (χ0) is 13.4. The third kappa shape index (κ3) is 2.08. The number of nitrogen functional groups attached to an aromatic ring is 1. The van der Waals surface area contributed by atoms with Crippen LogP contribution in [-0.4, -0.2) is 27.5 Å². The van der Waals surface area contributed by atoms with E-state index in [1.807, 2.05) is 11.8 Å². The molecular formula is C13H14N4OS. The van der Waals surface area contributed by atoms with Crippen LogP contribution in [0.5, 0.6) is 0 Å². The van der Waals surface area contributed by atoms with Crippen molar-refractivity contribution in [2.24, 2.45) is 0 Å². The van der Waals surface area contributed by atoms with E-state index in [0.29, 0.717) is 11.5 Å². The molecule has 2 aromatic heterocycles. The highest BCUT2D eigenvalue weighted by Gasteiger charge is 2.29. The fourth-order valence-corrected chi connectivity index (χ4v) is 3.35. The Kier molecular flexibility index (Phi) is 2.94. The van der Waals surface area contributed by atoms with Crippen LogP contribution in [0.1, 0.15) is 33.9 Å². The predicted molar refractivity (Wildman–Crippen MR) is 73.9 cm³/mol. The van der Waals surface area contributed by atoms with Gasteiger partial charge in [-0.15, -0.1) is 21.5 Å². The lowest BCUT2D eigenvalue weighted by atomic mass is 10.0. The van der Waals surface area contributed by atoms with Gasteiger partial charge in [-0.05, 0) is 42.5 Å². The fraction of sp³-hybridized carbons (Fsp3) is 0.308. The maximum atomic E-state index is 12.4. The van der Waals surface area contributed by atoms with E-state index in [0.717, 1.165) is 13.0 Å². The van der Waals surface area contributed by atoms with E-state index in [-0.39, 0.29) is 11.9 Å². The first-order valence-corrected chi connectivity index (χ1v) is 7.01. The first kappa shape index (κ1) is 12.1. The Hall–Kier alpha value is -1.95. The Morgan fingerprint density at radius 3 is 3.00 bits per heavy atom. The summed E-state index contributed by atoms with van der Waals surface area (Å²) in [4.78, 5) is 15.7. The highest BCUT2D eigenvalue weighted by molar-refractivity contribution is 7.10. The Morgan fingerprint density at radius 2 is 2.26 bits per heavy atom. The van der Waals surface area contributed by atoms with Gasteiger partial charge in [-0.3, -0.25) is 4.79 Å². The molecule has 1 aliphatic rings. The monoisotopic (exact) mass is 274 g/mol. The first-order chi connectivity index (χ1) is 9.16. The number of hydrogen-bond acceptors (Lipinski definition) is 5. The van der Waals surface area contributed by atoms with Crippen molar-refractivity contribution in [3.8, 4) is 0 Å². The van der Waals surface area contributed by atoms with Gasteiger partial charge in [0.15, 0.2) is 5.69 Å². The van der Waals surface area contributed by atoms with Crippen molar-refractivity contribution >= 4 is 23.1 Å². The number of thiophene rings is 1. The number of aromatic nitrogens is 2. The molecular weight excluding hydrogens is 260 g/mol. The second-order valence-electron chi connectivity index (χ2n) is 4.57. The summed E-state index contributed by atoms with van der Waals surface area (Å²) < 4.78 is 0. The van der Waals surface area contributed by atoms with Crippen LogP contribution in [0, 0.1) is 0 Å². The van der Waals surface area contributed by atoms with E-state index in [1.54, 1.807) is 23.5 Å². The number of nitrogens with two attached hydrogens (primary N) is 1. The largest absolute Gasteiger partial charge is 0.382 e. The summed E-state index contributed by atoms with van der Waals surface area (Å²) in [5.41, 5.74) is 7.08. The van der Waals surface area contributed by atoms with Gasteiger partial charge in [-0.2, -0.15) is 0 Å². The summed E-state index contributed by atoms with van der Waals surface area (Å²) in [6.45, 7) is 2.77. The molecule has 1 unspecified atom stereocenters. The predicted octanol–water partition coefficient (Wildman–Crippen LogP) is 1.88. The second-order valence-corrected chi connectivity index (χ2v) is 5.57. The molecule has 0 aliphatic carbocycles. The van der Waals surface area contributed by atoms with Gasteiger partial charge in [0, 0.05) is 11.4 Å². The Balaban J connectivity index is 1.87. The molecule has 0 fully saturated rings. The highest BCUT2D eigenvalue weighted by atomic mass is 32.1. The molecule has 2 aromatic rings. The molecule has 98 valence electrons. The van der Waals surface area contributed by atoms with Crippen LogP contribution in [0.2, 0.25) is 0 Å². The molecule has 0 saturated carbocycles. The third-order valence-electron chi connectivity index (χ3n) is 3.44. The van der Waals surface area contributed by atoms with Gasteiger partial charge in [0.25, 0.3) is 5.91 Å². The quantitative estimate of drug-likeness (QED) is 0.861. The van der Waals surface area contributed by atoms with Crippen LogP contribution in [0.15, 0.2) is 23.6 Å². The van der Waals surface area contributed by atoms with Crippen LogP contribution < -0.4 is 5.73 Å². The summed E-state index contributed by atoms with van der Waals surface area (Å²) in [6.07, 6.45) is 0.908. The van der Waals surface area contributed by atoms with E-state index < -0.39 is 0 Å². The van der Waals surface area contributed by atoms with Gasteiger partial charge in [-0.1, -0.05) is 0 Å². The summed E-state index contributed by atoms with van der Waals surface area (Å²) >= 11 is 1.76. The maximum Gasteiger partial charge on any atom is 0.274 e. The summed E-state index contributed by atoms with van der Waals surface area (Å²) in [5, 5.41) is 9.69. The minimum atomic E-state index is -0.0862. The number of carbonyl (C=O) groups is 1. The molecule has 3 rings (SSSR count). The lowest BCUT2D eigenvalue weighted by Crippen LogP contribution is -2.38. The molecule has 0 spiro atoms. The molecule has 0 bridgehead atoms. The molecule has 2 N–H and O–H groups in total. The third-order valence-corrected chi connectivity index (χ3v) is 4.44. The first-order valence-electron chi connectivity index (χ1n) is 6.13. The number of carbonyl (C=O) groups excluding carboxylic acids is 1. The lowest BCUT2D eigenvalue weighted by molar-refractivity contribution is 0.0672. The number of hydrogen-bond donors (Lipinski definition) is 1. The zero-order valence-corrected chi connectivity index (χ0v) is 11.4. The SMILES string of the molecule is CC1c2ccsc2CCN1C(=O)c1ccc(N)nn1. The van der Waals surface area contributed by atoms with Crippen LogP contribution in [0.4, 0.5) is 5.82 Å². The van der Waals surface area contributed by atoms with Crippen molar-refractivity contribution < 1.29 is 4.79 Å². The summed E-state index contributed by atoms with van der Waals surface area (Å²) in [7, 11) is 0. The van der Waals surface area contributed by atoms with Crippen molar-refractivity contribution in [3.63, 3.8) is 0 Å². The fourth-order valence-electron chi connectivity index (χ4n) is 2.39. The standard InChI is InChI=1S/C13H14N4OS/c1-8-9-5-7-19-11(9)4-6-17(8)13(18)10-2-3-12(14)16-15-10/h2-3,5,7-8H,4,6H2,1H3,(H2,14,16). The van der Waals surface area contributed by atoms with Gasteiger partial charge < -0.3 is 10.6 Å². The van der Waals surface area contributed by atoms with Crippen LogP contribution in [0.3, 0.4) is 0 Å². The minimum absolute atomic E-state index is 0.0850. The van der Waals surface area contributed by atoms with Gasteiger partial charge in [0.1, 0.15) is 5.82 Å². The number of rotatable bonds is 1. The minimum Gasteiger partial charge on any atom is -0.382 e. The zero-order valence-electron chi connectivity index (χ0n) is 10.5. The van der Waals surface area contributed by atoms with E-state index in [2.05, 4.69) is 21.6 Å². The molecule has 1 amide bonds. The van der Waals surface area contributed by atoms with E-state index >= 15 is 0 Å². The van der Waals surface area contributed by atoms with Gasteiger partial charge in [0.05, 0.1) is 6.04 Å². The van der Waals surface area contributed by atoms with E-state index in [9.17, 15) is 4.79 Å². The summed E-state index contributed by atoms with van der Waals surface area (Å²) in [6, 6.07) is 5.41. The number of nitrogens with zero attached hydrogens (tertiary/aromatic N) is 3. The Bertz CT molecular complexity index is 607. The Morgan fingerprint density at radius 1 is 1.42 bits per heavy atom. The van der Waals surface area contributed by atoms with E-state index in [1.165, 1.54) is 10.4 Å². The second kappa shape index (κ2) is 4.62.